The van der Waals surface area contributed by atoms with Crippen LogP contribution in [0.15, 0.2) is 66.7 Å². The second-order valence-corrected chi connectivity index (χ2v) is 9.55. The second kappa shape index (κ2) is 9.85. The Morgan fingerprint density at radius 3 is 2.47 bits per heavy atom. The normalized spacial score (nSPS) is 16.8. The Balaban J connectivity index is 1.54. The van der Waals surface area contributed by atoms with Crippen LogP contribution in [0.3, 0.4) is 0 Å². The van der Waals surface area contributed by atoms with Crippen molar-refractivity contribution in [3.8, 4) is 5.75 Å². The fourth-order valence-electron chi connectivity index (χ4n) is 4.44. The zero-order valence-electron chi connectivity index (χ0n) is 19.3. The van der Waals surface area contributed by atoms with Crippen molar-refractivity contribution in [3.05, 3.63) is 99.6 Å². The van der Waals surface area contributed by atoms with E-state index in [1.165, 1.54) is 18.2 Å². The Bertz CT molecular complexity index is 1310. The highest BCUT2D eigenvalue weighted by Crippen LogP contribution is 2.38. The molecule has 36 heavy (non-hydrogen) atoms. The summed E-state index contributed by atoms with van der Waals surface area (Å²) in [6.45, 7) is 1.02. The van der Waals surface area contributed by atoms with E-state index in [1.807, 2.05) is 25.1 Å². The molecule has 1 atom stereocenters. The topological polar surface area (TPSA) is 66.8 Å². The van der Waals surface area contributed by atoms with Crippen molar-refractivity contribution in [2.24, 2.45) is 0 Å². The van der Waals surface area contributed by atoms with Gasteiger partial charge in [-0.3, -0.25) is 9.59 Å². The number of nitrogens with zero attached hydrogens (tertiary/aromatic N) is 1. The minimum atomic E-state index is -4.55. The number of hydrogen-bond acceptors (Lipinski definition) is 3. The van der Waals surface area contributed by atoms with Crippen LogP contribution in [-0.4, -0.2) is 34.0 Å². The predicted octanol–water partition coefficient (Wildman–Crippen LogP) is 6.02. The first-order valence-electron chi connectivity index (χ1n) is 11.2. The van der Waals surface area contributed by atoms with E-state index in [4.69, 9.17) is 16.3 Å². The number of alkyl halides is 3. The number of amides is 1. The van der Waals surface area contributed by atoms with Gasteiger partial charge in [0.2, 0.25) is 0 Å². The number of carboxylic acids is 1. The smallest absolute Gasteiger partial charge is 0.416 e. The van der Waals surface area contributed by atoms with E-state index in [9.17, 15) is 27.9 Å². The molecule has 5 nitrogen and oxygen atoms in total. The Morgan fingerprint density at radius 1 is 1.06 bits per heavy atom. The van der Waals surface area contributed by atoms with Gasteiger partial charge in [0.05, 0.1) is 5.56 Å². The molecule has 0 spiro atoms. The predicted molar refractivity (Wildman–Crippen MR) is 128 cm³/mol. The first-order valence-corrected chi connectivity index (χ1v) is 11.5. The zero-order chi connectivity index (χ0) is 26.1. The van der Waals surface area contributed by atoms with Crippen LogP contribution < -0.4 is 4.74 Å². The lowest BCUT2D eigenvalue weighted by Crippen LogP contribution is -2.35. The standard InChI is InChI=1S/C27H23ClF3NO4/c1-26(13-17-4-3-7-22(28)11-17)14-20-12-19(8-9-23(20)36-26)25(35)32(16-24(33)34)15-18-5-2-6-21(10-18)27(29,30)31/h2-12H,13-16H2,1H3,(H,33,34)/t26-/m1/s1. The number of carboxylic acid groups (broad SMARTS) is 1. The van der Waals surface area contributed by atoms with Gasteiger partial charge >= 0.3 is 12.1 Å². The molecule has 188 valence electrons. The molecule has 1 aliphatic heterocycles. The molecule has 0 aromatic heterocycles. The van der Waals surface area contributed by atoms with Gasteiger partial charge in [-0.05, 0) is 66.1 Å². The summed E-state index contributed by atoms with van der Waals surface area (Å²) in [5.41, 5.74) is 0.780. The molecule has 1 amide bonds. The van der Waals surface area contributed by atoms with Crippen molar-refractivity contribution < 1.29 is 32.6 Å². The number of carbonyl (C=O) groups excluding carboxylic acids is 1. The van der Waals surface area contributed by atoms with Crippen molar-refractivity contribution in [1.82, 2.24) is 4.90 Å². The Morgan fingerprint density at radius 2 is 1.78 bits per heavy atom. The van der Waals surface area contributed by atoms with Gasteiger partial charge in [-0.1, -0.05) is 35.9 Å². The van der Waals surface area contributed by atoms with Gasteiger partial charge in [-0.2, -0.15) is 13.2 Å². The van der Waals surface area contributed by atoms with Gasteiger partial charge < -0.3 is 14.7 Å². The quantitative estimate of drug-likeness (QED) is 0.416. The first kappa shape index (κ1) is 25.6. The molecule has 9 heteroatoms. The summed E-state index contributed by atoms with van der Waals surface area (Å²) in [6.07, 6.45) is -3.44. The molecule has 0 saturated carbocycles. The van der Waals surface area contributed by atoms with Gasteiger partial charge in [0.1, 0.15) is 17.9 Å². The van der Waals surface area contributed by atoms with Crippen molar-refractivity contribution in [2.75, 3.05) is 6.54 Å². The van der Waals surface area contributed by atoms with Crippen LogP contribution in [0.25, 0.3) is 0 Å². The average molecular weight is 518 g/mol. The minimum Gasteiger partial charge on any atom is -0.487 e. The van der Waals surface area contributed by atoms with E-state index in [-0.39, 0.29) is 17.7 Å². The molecule has 0 radical (unpaired) electrons. The maximum absolute atomic E-state index is 13.2. The van der Waals surface area contributed by atoms with E-state index < -0.39 is 35.8 Å². The summed E-state index contributed by atoms with van der Waals surface area (Å²) < 4.78 is 45.4. The number of fused-ring (bicyclic) bond motifs is 1. The fraction of sp³-hybridized carbons (Fsp3) is 0.259. The number of aliphatic carboxylic acids is 1. The van der Waals surface area contributed by atoms with E-state index in [0.29, 0.717) is 23.6 Å². The van der Waals surface area contributed by atoms with Gasteiger partial charge in [-0.25, -0.2) is 0 Å². The third-order valence-corrected chi connectivity index (χ3v) is 6.17. The van der Waals surface area contributed by atoms with Gasteiger partial charge in [0.25, 0.3) is 5.91 Å². The Kier molecular flexibility index (Phi) is 7.00. The third-order valence-electron chi connectivity index (χ3n) is 5.94. The monoisotopic (exact) mass is 517 g/mol. The summed E-state index contributed by atoms with van der Waals surface area (Å²) in [5.74, 6) is -1.24. The lowest BCUT2D eigenvalue weighted by Gasteiger charge is -2.24. The minimum absolute atomic E-state index is 0.179. The number of halogens is 4. The van der Waals surface area contributed by atoms with Crippen LogP contribution in [0.2, 0.25) is 5.02 Å². The van der Waals surface area contributed by atoms with Gasteiger partial charge in [-0.15, -0.1) is 0 Å². The summed E-state index contributed by atoms with van der Waals surface area (Å²) in [6, 6.07) is 16.8. The summed E-state index contributed by atoms with van der Waals surface area (Å²) in [4.78, 5) is 25.7. The molecule has 1 aliphatic rings. The van der Waals surface area contributed by atoms with Crippen LogP contribution in [0.1, 0.15) is 39.5 Å². The molecule has 0 bridgehead atoms. The van der Waals surface area contributed by atoms with E-state index in [0.717, 1.165) is 28.2 Å². The van der Waals surface area contributed by atoms with Crippen LogP contribution in [0.5, 0.6) is 5.75 Å². The van der Waals surface area contributed by atoms with Crippen LogP contribution in [0, 0.1) is 0 Å². The molecule has 1 heterocycles. The molecule has 3 aromatic carbocycles. The first-order chi connectivity index (χ1) is 16.9. The lowest BCUT2D eigenvalue weighted by molar-refractivity contribution is -0.139. The maximum Gasteiger partial charge on any atom is 0.416 e. The number of hydrogen-bond donors (Lipinski definition) is 1. The Hall–Kier alpha value is -3.52. The van der Waals surface area contributed by atoms with Crippen molar-refractivity contribution in [1.29, 1.82) is 0 Å². The zero-order valence-corrected chi connectivity index (χ0v) is 20.1. The van der Waals surface area contributed by atoms with Crippen LogP contribution in [-0.2, 0) is 30.4 Å². The van der Waals surface area contributed by atoms with Crippen LogP contribution >= 0.6 is 11.6 Å². The van der Waals surface area contributed by atoms with Gasteiger partial charge in [0.15, 0.2) is 0 Å². The average Bonchev–Trinajstić information content (AvgIpc) is 3.12. The molecular weight excluding hydrogens is 495 g/mol. The number of rotatable bonds is 7. The molecule has 4 rings (SSSR count). The fourth-order valence-corrected chi connectivity index (χ4v) is 4.66. The van der Waals surface area contributed by atoms with Crippen molar-refractivity contribution in [3.63, 3.8) is 0 Å². The third kappa shape index (κ3) is 5.99. The number of ether oxygens (including phenoxy) is 1. The molecular formula is C27H23ClF3NO4. The molecule has 0 aliphatic carbocycles. The van der Waals surface area contributed by atoms with Crippen molar-refractivity contribution in [2.45, 2.75) is 38.1 Å². The molecule has 3 aromatic rings. The molecule has 0 saturated heterocycles. The highest BCUT2D eigenvalue weighted by atomic mass is 35.5. The lowest BCUT2D eigenvalue weighted by atomic mass is 9.91. The number of benzene rings is 3. The molecule has 0 fully saturated rings. The summed E-state index contributed by atoms with van der Waals surface area (Å²) >= 11 is 6.09. The highest BCUT2D eigenvalue weighted by molar-refractivity contribution is 6.30. The highest BCUT2D eigenvalue weighted by Gasteiger charge is 2.36. The van der Waals surface area contributed by atoms with Gasteiger partial charge in [0, 0.05) is 30.0 Å². The summed E-state index contributed by atoms with van der Waals surface area (Å²) in [5, 5.41) is 9.95. The largest absolute Gasteiger partial charge is 0.487 e. The van der Waals surface area contributed by atoms with E-state index in [1.54, 1.807) is 18.2 Å². The Labute approximate surface area is 211 Å². The summed E-state index contributed by atoms with van der Waals surface area (Å²) in [7, 11) is 0. The molecule has 1 N–H and O–H groups in total. The van der Waals surface area contributed by atoms with E-state index in [2.05, 4.69) is 0 Å². The van der Waals surface area contributed by atoms with Crippen molar-refractivity contribution >= 4 is 23.5 Å². The molecule has 0 unspecified atom stereocenters. The van der Waals surface area contributed by atoms with Crippen LogP contribution in [0.4, 0.5) is 13.2 Å². The number of carbonyl (C=O) groups is 2. The SMILES string of the molecule is C[C@@]1(Cc2cccc(Cl)c2)Cc2cc(C(=O)N(CC(=O)O)Cc3cccc(C(F)(F)F)c3)ccc2O1. The second-order valence-electron chi connectivity index (χ2n) is 9.11. The maximum atomic E-state index is 13.2. The van der Waals surface area contributed by atoms with E-state index >= 15 is 0 Å².